The minimum absolute atomic E-state index is 0.0237. The molecule has 1 N–H and O–H groups in total. The fourth-order valence-electron chi connectivity index (χ4n) is 5.00. The van der Waals surface area contributed by atoms with Gasteiger partial charge in [0.15, 0.2) is 0 Å². The molecular weight excluding hydrogens is 574 g/mol. The molecule has 1 unspecified atom stereocenters. The Morgan fingerprint density at radius 2 is 1.60 bits per heavy atom. The molecule has 2 amide bonds. The Morgan fingerprint density at radius 1 is 0.976 bits per heavy atom. The van der Waals surface area contributed by atoms with Gasteiger partial charge in [-0.15, -0.1) is 0 Å². The van der Waals surface area contributed by atoms with Crippen molar-refractivity contribution >= 4 is 39.1 Å². The maximum absolute atomic E-state index is 14.1. The van der Waals surface area contributed by atoms with Gasteiger partial charge < -0.3 is 15.0 Å². The van der Waals surface area contributed by atoms with Gasteiger partial charge in [0, 0.05) is 17.6 Å². The molecule has 224 valence electrons. The molecule has 0 radical (unpaired) electrons. The van der Waals surface area contributed by atoms with Crippen molar-refractivity contribution in [3.63, 3.8) is 0 Å². The van der Waals surface area contributed by atoms with E-state index in [0.29, 0.717) is 23.1 Å². The van der Waals surface area contributed by atoms with E-state index in [9.17, 15) is 18.0 Å². The van der Waals surface area contributed by atoms with E-state index in [1.54, 1.807) is 67.6 Å². The number of nitrogens with one attached hydrogen (secondary N) is 1. The van der Waals surface area contributed by atoms with Gasteiger partial charge in [0.05, 0.1) is 17.2 Å². The van der Waals surface area contributed by atoms with Gasteiger partial charge in [0.25, 0.3) is 10.0 Å². The Hall–Kier alpha value is -3.56. The highest BCUT2D eigenvalue weighted by Crippen LogP contribution is 2.27. The van der Waals surface area contributed by atoms with E-state index in [1.807, 2.05) is 13.8 Å². The molecule has 8 nitrogen and oxygen atoms in total. The molecule has 10 heteroatoms. The second kappa shape index (κ2) is 14.1. The molecule has 0 aliphatic heterocycles. The van der Waals surface area contributed by atoms with Crippen molar-refractivity contribution in [2.75, 3.05) is 17.5 Å². The van der Waals surface area contributed by atoms with Crippen LogP contribution < -0.4 is 14.4 Å². The van der Waals surface area contributed by atoms with Crippen molar-refractivity contribution in [1.29, 1.82) is 0 Å². The Balaban J connectivity index is 1.67. The van der Waals surface area contributed by atoms with E-state index in [4.69, 9.17) is 16.3 Å². The lowest BCUT2D eigenvalue weighted by Gasteiger charge is -2.32. The minimum Gasteiger partial charge on any atom is -0.494 e. The molecule has 1 aliphatic rings. The number of halogens is 1. The quantitative estimate of drug-likeness (QED) is 0.283. The van der Waals surface area contributed by atoms with Crippen LogP contribution in [0.25, 0.3) is 0 Å². The molecule has 1 aliphatic carbocycles. The molecule has 3 aromatic carbocycles. The van der Waals surface area contributed by atoms with Crippen LogP contribution in [0, 0.1) is 6.92 Å². The Labute approximate surface area is 253 Å². The molecule has 1 atom stereocenters. The zero-order chi connectivity index (χ0) is 30.3. The summed E-state index contributed by atoms with van der Waals surface area (Å²) in [5.41, 5.74) is 2.06. The number of hydrogen-bond acceptors (Lipinski definition) is 5. The fourth-order valence-corrected chi connectivity index (χ4v) is 6.54. The predicted molar refractivity (Wildman–Crippen MR) is 165 cm³/mol. The lowest BCUT2D eigenvalue weighted by Crippen LogP contribution is -2.52. The van der Waals surface area contributed by atoms with E-state index in [2.05, 4.69) is 5.32 Å². The third-order valence-corrected chi connectivity index (χ3v) is 9.50. The molecule has 42 heavy (non-hydrogen) atoms. The van der Waals surface area contributed by atoms with Gasteiger partial charge >= 0.3 is 0 Å². The van der Waals surface area contributed by atoms with Crippen LogP contribution in [0.5, 0.6) is 5.75 Å². The molecule has 3 aromatic rings. The number of sulfonamides is 1. The largest absolute Gasteiger partial charge is 0.494 e. The van der Waals surface area contributed by atoms with Crippen LogP contribution in [0.1, 0.15) is 50.7 Å². The topological polar surface area (TPSA) is 96.0 Å². The Morgan fingerprint density at radius 3 is 2.19 bits per heavy atom. The minimum atomic E-state index is -4.16. The number of aryl methyl sites for hydroxylation is 1. The van der Waals surface area contributed by atoms with Gasteiger partial charge in [-0.1, -0.05) is 54.3 Å². The summed E-state index contributed by atoms with van der Waals surface area (Å²) in [6.45, 7) is 5.49. The molecule has 0 heterocycles. The average Bonchev–Trinajstić information content (AvgIpc) is 3.49. The number of amides is 2. The smallest absolute Gasteiger partial charge is 0.264 e. The number of hydrogen-bond donors (Lipinski definition) is 1. The van der Waals surface area contributed by atoms with E-state index >= 15 is 0 Å². The van der Waals surface area contributed by atoms with Gasteiger partial charge in [-0.3, -0.25) is 13.9 Å². The summed E-state index contributed by atoms with van der Waals surface area (Å²) in [6.07, 6.45) is 3.93. The lowest BCUT2D eigenvalue weighted by molar-refractivity contribution is -0.139. The highest BCUT2D eigenvalue weighted by atomic mass is 35.5. The van der Waals surface area contributed by atoms with Gasteiger partial charge in [-0.25, -0.2) is 8.42 Å². The second-order valence-electron chi connectivity index (χ2n) is 10.6. The van der Waals surface area contributed by atoms with Crippen LogP contribution in [-0.4, -0.2) is 50.4 Å². The van der Waals surface area contributed by atoms with Crippen LogP contribution >= 0.6 is 11.6 Å². The molecule has 4 rings (SSSR count). The lowest BCUT2D eigenvalue weighted by atomic mass is 10.1. The van der Waals surface area contributed by atoms with Crippen LogP contribution in [0.2, 0.25) is 5.02 Å². The van der Waals surface area contributed by atoms with Gasteiger partial charge in [-0.05, 0) is 87.7 Å². The van der Waals surface area contributed by atoms with E-state index in [0.717, 1.165) is 41.1 Å². The standard InChI is InChI=1S/C32H38ClN3O5S/c1-4-41-29-17-19-30(20-18-29)42(39,40)36(28-15-9-23(2)10-16-28)22-31(37)35(21-25-11-13-26(33)14-12-25)24(3)32(38)34-27-7-5-6-8-27/h9-20,24,27H,4-8,21-22H2,1-3H3,(H,34,38). The molecule has 0 bridgehead atoms. The Kier molecular flexibility index (Phi) is 10.5. The Bertz CT molecular complexity index is 1460. The van der Waals surface area contributed by atoms with Crippen molar-refractivity contribution in [2.45, 2.75) is 70.0 Å². The summed E-state index contributed by atoms with van der Waals surface area (Å²) in [4.78, 5) is 28.8. The fraction of sp³-hybridized carbons (Fsp3) is 0.375. The summed E-state index contributed by atoms with van der Waals surface area (Å²) in [5.74, 6) is -0.222. The van der Waals surface area contributed by atoms with Crippen molar-refractivity contribution in [3.05, 3.63) is 88.9 Å². The number of anilines is 1. The maximum atomic E-state index is 14.1. The van der Waals surface area contributed by atoms with Gasteiger partial charge in [0.2, 0.25) is 11.8 Å². The third-order valence-electron chi connectivity index (χ3n) is 7.46. The summed E-state index contributed by atoms with van der Waals surface area (Å²) in [7, 11) is -4.16. The molecule has 0 saturated heterocycles. The SMILES string of the molecule is CCOc1ccc(S(=O)(=O)N(CC(=O)N(Cc2ccc(Cl)cc2)C(C)C(=O)NC2CCCC2)c2ccc(C)cc2)cc1. The van der Waals surface area contributed by atoms with Crippen molar-refractivity contribution in [1.82, 2.24) is 10.2 Å². The zero-order valence-corrected chi connectivity index (χ0v) is 25.8. The monoisotopic (exact) mass is 611 g/mol. The molecular formula is C32H38ClN3O5S. The van der Waals surface area contributed by atoms with Crippen molar-refractivity contribution < 1.29 is 22.7 Å². The maximum Gasteiger partial charge on any atom is 0.264 e. The summed E-state index contributed by atoms with van der Waals surface area (Å²) < 4.78 is 34.6. The van der Waals surface area contributed by atoms with Crippen LogP contribution in [0.3, 0.4) is 0 Å². The average molecular weight is 612 g/mol. The third kappa shape index (κ3) is 7.83. The van der Waals surface area contributed by atoms with E-state index in [1.165, 1.54) is 17.0 Å². The summed E-state index contributed by atoms with van der Waals surface area (Å²) >= 11 is 6.08. The van der Waals surface area contributed by atoms with Gasteiger partial charge in [-0.2, -0.15) is 0 Å². The summed E-state index contributed by atoms with van der Waals surface area (Å²) in [5, 5.41) is 3.63. The second-order valence-corrected chi connectivity index (χ2v) is 12.9. The highest BCUT2D eigenvalue weighted by Gasteiger charge is 2.33. The first-order chi connectivity index (χ1) is 20.1. The van der Waals surface area contributed by atoms with Crippen molar-refractivity contribution in [2.24, 2.45) is 0 Å². The molecule has 1 fully saturated rings. The highest BCUT2D eigenvalue weighted by molar-refractivity contribution is 7.92. The normalized spacial score (nSPS) is 14.3. The molecule has 0 spiro atoms. The van der Waals surface area contributed by atoms with Crippen molar-refractivity contribution in [3.8, 4) is 5.75 Å². The van der Waals surface area contributed by atoms with Crippen LogP contribution in [0.4, 0.5) is 5.69 Å². The van der Waals surface area contributed by atoms with E-state index < -0.39 is 28.5 Å². The first kappa shape index (κ1) is 31.4. The number of carbonyl (C=O) groups excluding carboxylic acids is 2. The first-order valence-corrected chi connectivity index (χ1v) is 16.1. The van der Waals surface area contributed by atoms with E-state index in [-0.39, 0.29) is 23.4 Å². The zero-order valence-electron chi connectivity index (χ0n) is 24.3. The molecule has 1 saturated carbocycles. The number of rotatable bonds is 12. The number of carbonyl (C=O) groups is 2. The van der Waals surface area contributed by atoms with Crippen LogP contribution in [0.15, 0.2) is 77.7 Å². The predicted octanol–water partition coefficient (Wildman–Crippen LogP) is 5.72. The van der Waals surface area contributed by atoms with Gasteiger partial charge in [0.1, 0.15) is 18.3 Å². The number of nitrogens with zero attached hydrogens (tertiary/aromatic N) is 2. The first-order valence-electron chi connectivity index (χ1n) is 14.2. The van der Waals surface area contributed by atoms with Crippen LogP contribution in [-0.2, 0) is 26.2 Å². The summed E-state index contributed by atoms with van der Waals surface area (Å²) in [6, 6.07) is 19.3. The molecule has 0 aromatic heterocycles. The number of benzene rings is 3. The number of ether oxygens (including phenoxy) is 1.